The zero-order valence-electron chi connectivity index (χ0n) is 29.0. The van der Waals surface area contributed by atoms with Crippen molar-refractivity contribution < 1.29 is 47.3 Å². The van der Waals surface area contributed by atoms with E-state index >= 15 is 0 Å². The molecule has 0 aliphatic carbocycles. The maximum absolute atomic E-state index is 11.5. The van der Waals surface area contributed by atoms with E-state index in [2.05, 4.69) is 55.4 Å². The van der Waals surface area contributed by atoms with Gasteiger partial charge in [-0.05, 0) is 66.7 Å². The summed E-state index contributed by atoms with van der Waals surface area (Å²) >= 11 is 0.821. The zero-order valence-corrected chi connectivity index (χ0v) is 30.7. The summed E-state index contributed by atoms with van der Waals surface area (Å²) in [6, 6.07) is 22.1. The van der Waals surface area contributed by atoms with Crippen LogP contribution in [0.4, 0.5) is 52.0 Å². The molecule has 5 rings (SSSR count). The summed E-state index contributed by atoms with van der Waals surface area (Å²) in [5, 5.41) is 54.3. The van der Waals surface area contributed by atoms with Crippen molar-refractivity contribution in [2.45, 2.75) is 9.79 Å². The zero-order chi connectivity index (χ0) is 39.2. The van der Waals surface area contributed by atoms with Gasteiger partial charge in [0.15, 0.2) is 0 Å². The Bertz CT molecular complexity index is 2230. The summed E-state index contributed by atoms with van der Waals surface area (Å²) in [4.78, 5) is 15.5. The molecule has 0 spiro atoms. The van der Waals surface area contributed by atoms with Crippen LogP contribution in [0.1, 0.15) is 0 Å². The van der Waals surface area contributed by atoms with Crippen molar-refractivity contribution in [1.82, 2.24) is 15.0 Å². The lowest BCUT2D eigenvalue weighted by Crippen LogP contribution is -2.31. The minimum atomic E-state index is -4.41. The molecule has 1 heterocycles. The molecule has 0 unspecified atom stereocenters. The minimum Gasteiger partial charge on any atom is -0.494 e. The molecular formula is C33H34N10O10S2. The van der Waals surface area contributed by atoms with Gasteiger partial charge in [-0.1, -0.05) is 11.1 Å². The molecule has 6 N–H and O–H groups in total. The molecule has 0 amide bonds. The highest BCUT2D eigenvalue weighted by Gasteiger charge is 2.17. The normalized spacial score (nSPS) is 11.6. The minimum absolute atomic E-state index is 0.0762. The van der Waals surface area contributed by atoms with Crippen LogP contribution in [0.15, 0.2) is 115 Å². The summed E-state index contributed by atoms with van der Waals surface area (Å²) in [5.41, 5.74) is 2.51. The fraction of sp³-hybridized carbons (Fsp3) is 0.182. The van der Waals surface area contributed by atoms with Crippen molar-refractivity contribution in [3.8, 4) is 11.5 Å². The van der Waals surface area contributed by atoms with E-state index in [1.807, 2.05) is 0 Å². The lowest BCUT2D eigenvalue weighted by atomic mass is 10.2. The summed E-state index contributed by atoms with van der Waals surface area (Å²) in [6.45, 7) is -0.230. The second kappa shape index (κ2) is 19.5. The average Bonchev–Trinajstić information content (AvgIpc) is 3.19. The summed E-state index contributed by atoms with van der Waals surface area (Å²) in [6.07, 6.45) is 0. The quantitative estimate of drug-likeness (QED) is 0.0167. The van der Waals surface area contributed by atoms with Crippen LogP contribution in [-0.2, 0) is 19.5 Å². The molecule has 0 radical (unpaired) electrons. The van der Waals surface area contributed by atoms with E-state index in [1.54, 1.807) is 65.6 Å². The molecule has 22 heteroatoms. The topological polar surface area (TPSA) is 267 Å². The van der Waals surface area contributed by atoms with Crippen molar-refractivity contribution in [3.63, 3.8) is 0 Å². The molecule has 0 aliphatic rings. The first-order valence-corrected chi connectivity index (χ1v) is 18.1. The first-order chi connectivity index (χ1) is 26.6. The van der Waals surface area contributed by atoms with Crippen molar-refractivity contribution >= 4 is 74.1 Å². The van der Waals surface area contributed by atoms with Crippen LogP contribution in [0.25, 0.3) is 0 Å². The number of aliphatic hydroxyl groups is 2. The number of rotatable bonds is 19. The van der Waals surface area contributed by atoms with Gasteiger partial charge >= 0.3 is 0 Å². The highest BCUT2D eigenvalue weighted by Crippen LogP contribution is 2.35. The Morgan fingerprint density at radius 2 is 1.22 bits per heavy atom. The van der Waals surface area contributed by atoms with E-state index in [-0.39, 0.29) is 54.7 Å². The van der Waals surface area contributed by atoms with Gasteiger partial charge in [-0.3, -0.25) is 4.55 Å². The lowest BCUT2D eigenvalue weighted by Gasteiger charge is -2.22. The maximum atomic E-state index is 11.5. The van der Waals surface area contributed by atoms with Crippen LogP contribution in [0.5, 0.6) is 11.5 Å². The number of hydrogen-bond acceptors (Lipinski definition) is 20. The third-order valence-electron chi connectivity index (χ3n) is 7.18. The third-order valence-corrected chi connectivity index (χ3v) is 8.63. The van der Waals surface area contributed by atoms with Crippen LogP contribution in [0.3, 0.4) is 0 Å². The van der Waals surface area contributed by atoms with Crippen molar-refractivity contribution in [2.75, 3.05) is 56.1 Å². The first kappa shape index (κ1) is 40.3. The van der Waals surface area contributed by atoms with Gasteiger partial charge in [0.05, 0.1) is 78.5 Å². The number of nitrogens with one attached hydrogen (secondary N) is 2. The number of ether oxygens (including phenoxy) is 2. The molecule has 0 fully saturated rings. The van der Waals surface area contributed by atoms with Crippen LogP contribution < -0.4 is 25.0 Å². The summed E-state index contributed by atoms with van der Waals surface area (Å²) in [7, 11) is -1.48. The van der Waals surface area contributed by atoms with Gasteiger partial charge in [-0.15, -0.1) is 4.33 Å². The number of azo groups is 2. The molecule has 0 atom stereocenters. The smallest absolute Gasteiger partial charge is 0.294 e. The number of anilines is 5. The third kappa shape index (κ3) is 11.6. The number of benzene rings is 4. The Balaban J connectivity index is 1.40. The largest absolute Gasteiger partial charge is 0.494 e. The number of hydrogen-bond donors (Lipinski definition) is 6. The van der Waals surface area contributed by atoms with Gasteiger partial charge < -0.3 is 35.2 Å². The second-order valence-electron chi connectivity index (χ2n) is 10.8. The molecule has 4 aromatic carbocycles. The molecule has 0 saturated carbocycles. The predicted molar refractivity (Wildman–Crippen MR) is 200 cm³/mol. The Kier molecular flexibility index (Phi) is 14.3. The number of aromatic nitrogens is 3. The van der Waals surface area contributed by atoms with Crippen LogP contribution in [0, 0.1) is 0 Å². The molecule has 20 nitrogen and oxygen atoms in total. The van der Waals surface area contributed by atoms with Gasteiger partial charge in [0.1, 0.15) is 11.5 Å². The lowest BCUT2D eigenvalue weighted by molar-refractivity contribution is -0.432. The second-order valence-corrected chi connectivity index (χ2v) is 13.0. The number of methoxy groups -OCH3 is 2. The Labute approximate surface area is 318 Å². The van der Waals surface area contributed by atoms with E-state index in [4.69, 9.17) is 14.7 Å². The van der Waals surface area contributed by atoms with Gasteiger partial charge in [0, 0.05) is 30.1 Å². The van der Waals surface area contributed by atoms with E-state index in [0.29, 0.717) is 44.8 Å². The van der Waals surface area contributed by atoms with Crippen LogP contribution in [-0.4, -0.2) is 83.9 Å². The van der Waals surface area contributed by atoms with Gasteiger partial charge in [0.25, 0.3) is 10.1 Å². The summed E-state index contributed by atoms with van der Waals surface area (Å²) in [5.74, 6) is 1.02. The number of aliphatic hydroxyl groups excluding tert-OH is 2. The molecule has 5 aromatic rings. The number of nitrogens with zero attached hydrogens (tertiary/aromatic N) is 8. The highest BCUT2D eigenvalue weighted by atomic mass is 32.2. The standard InChI is InChI=1S/C33H34N10O10S2/c1-50-29-19-23(41-39-21-6-10-25(11-7-21)54-53-52-46)8-12-27(29)34-31-36-32(38-33(37-31)43(14-16-44)15-17-45)35-28-13-9-24(20-30(28)51-2)42-40-22-4-3-5-26(18-22)55(47,48)49/h3-13,18-20,44-46H,14-17H2,1-2H3,(H,47,48,49)(H2,34,35,36,37,38). The van der Waals surface area contributed by atoms with E-state index in [9.17, 15) is 23.2 Å². The maximum Gasteiger partial charge on any atom is 0.294 e. The van der Waals surface area contributed by atoms with Crippen molar-refractivity contribution in [3.05, 3.63) is 84.9 Å². The molecule has 0 bridgehead atoms. The molecule has 1 aromatic heterocycles. The fourth-order valence-corrected chi connectivity index (χ4v) is 5.54. The Morgan fingerprint density at radius 1 is 0.709 bits per heavy atom. The van der Waals surface area contributed by atoms with Crippen molar-refractivity contribution in [1.29, 1.82) is 0 Å². The van der Waals surface area contributed by atoms with Gasteiger partial charge in [-0.2, -0.15) is 43.8 Å². The first-order valence-electron chi connectivity index (χ1n) is 15.9. The molecule has 0 saturated heterocycles. The average molecular weight is 795 g/mol. The van der Waals surface area contributed by atoms with E-state index in [1.165, 1.54) is 38.5 Å². The van der Waals surface area contributed by atoms with E-state index in [0.717, 1.165) is 12.0 Å². The fourth-order valence-electron chi connectivity index (χ4n) is 4.66. The summed E-state index contributed by atoms with van der Waals surface area (Å²) < 4.78 is 47.9. The monoisotopic (exact) mass is 794 g/mol. The molecule has 0 aliphatic heterocycles. The predicted octanol–water partition coefficient (Wildman–Crippen LogP) is 6.67. The highest BCUT2D eigenvalue weighted by molar-refractivity contribution is 7.94. The Morgan fingerprint density at radius 3 is 1.71 bits per heavy atom. The van der Waals surface area contributed by atoms with E-state index < -0.39 is 10.1 Å². The Hall–Kier alpha value is -5.85. The van der Waals surface area contributed by atoms with Crippen molar-refractivity contribution in [2.24, 2.45) is 20.5 Å². The molecule has 288 valence electrons. The van der Waals surface area contributed by atoms with Gasteiger partial charge in [0.2, 0.25) is 17.8 Å². The van der Waals surface area contributed by atoms with Crippen LogP contribution >= 0.6 is 12.0 Å². The van der Waals surface area contributed by atoms with Gasteiger partial charge in [-0.25, -0.2) is 5.26 Å². The molecule has 55 heavy (non-hydrogen) atoms. The molecular weight excluding hydrogens is 761 g/mol. The SMILES string of the molecule is COc1cc(N=Nc2ccc(SOOO)cc2)ccc1Nc1nc(Nc2ccc(N=Nc3cccc(S(=O)(=O)O)c3)cc2OC)nc(N(CCO)CCO)n1. The van der Waals surface area contributed by atoms with Crippen LogP contribution in [0.2, 0.25) is 0 Å².